The lowest BCUT2D eigenvalue weighted by Gasteiger charge is -2.33. The number of fused-ring (bicyclic) bond motifs is 1. The number of rotatable bonds is 4. The van der Waals surface area contributed by atoms with Crippen LogP contribution in [0.3, 0.4) is 0 Å². The minimum Gasteiger partial charge on any atom is -0.381 e. The molecular formula is C19H21N5O. The van der Waals surface area contributed by atoms with E-state index in [1.807, 2.05) is 47.4 Å². The number of amides is 1. The first-order valence-electron chi connectivity index (χ1n) is 8.67. The molecule has 1 aliphatic rings. The summed E-state index contributed by atoms with van der Waals surface area (Å²) in [4.78, 5) is 16.1. The molecule has 25 heavy (non-hydrogen) atoms. The molecule has 1 unspecified atom stereocenters. The fourth-order valence-corrected chi connectivity index (χ4v) is 3.29. The van der Waals surface area contributed by atoms with Crippen LogP contribution in [0, 0.1) is 0 Å². The molecule has 0 saturated carbocycles. The Morgan fingerprint density at radius 3 is 2.44 bits per heavy atom. The first-order chi connectivity index (χ1) is 12.3. The average molecular weight is 335 g/mol. The van der Waals surface area contributed by atoms with E-state index < -0.39 is 0 Å². The zero-order chi connectivity index (χ0) is 17.1. The van der Waals surface area contributed by atoms with Crippen molar-refractivity contribution in [1.82, 2.24) is 19.9 Å². The van der Waals surface area contributed by atoms with E-state index in [4.69, 9.17) is 0 Å². The van der Waals surface area contributed by atoms with Crippen molar-refractivity contribution in [2.75, 3.05) is 18.4 Å². The highest BCUT2D eigenvalue weighted by Crippen LogP contribution is 2.16. The minimum atomic E-state index is 0.0693. The number of carbonyl (C=O) groups excluding carboxylic acids is 1. The highest BCUT2D eigenvalue weighted by atomic mass is 16.2. The van der Waals surface area contributed by atoms with E-state index in [0.29, 0.717) is 6.54 Å². The maximum atomic E-state index is 12.6. The summed E-state index contributed by atoms with van der Waals surface area (Å²) in [6.45, 7) is 1.70. The Morgan fingerprint density at radius 1 is 1.04 bits per heavy atom. The van der Waals surface area contributed by atoms with Gasteiger partial charge in [0.15, 0.2) is 0 Å². The van der Waals surface area contributed by atoms with Gasteiger partial charge in [-0.2, -0.15) is 15.0 Å². The summed E-state index contributed by atoms with van der Waals surface area (Å²) >= 11 is 0. The fraction of sp³-hybridized carbons (Fsp3) is 0.316. The van der Waals surface area contributed by atoms with Crippen molar-refractivity contribution in [3.8, 4) is 0 Å². The van der Waals surface area contributed by atoms with Gasteiger partial charge in [0, 0.05) is 24.8 Å². The molecule has 2 aromatic carbocycles. The molecule has 1 amide bonds. The van der Waals surface area contributed by atoms with Gasteiger partial charge >= 0.3 is 0 Å². The Hall–Kier alpha value is -2.89. The van der Waals surface area contributed by atoms with Crippen molar-refractivity contribution >= 4 is 22.6 Å². The summed E-state index contributed by atoms with van der Waals surface area (Å²) in [5.74, 6) is 0.0693. The molecule has 0 aliphatic carbocycles. The Balaban J connectivity index is 1.39. The van der Waals surface area contributed by atoms with E-state index in [-0.39, 0.29) is 18.5 Å². The molecule has 2 heterocycles. The molecule has 0 radical (unpaired) electrons. The van der Waals surface area contributed by atoms with Gasteiger partial charge in [0.2, 0.25) is 5.91 Å². The van der Waals surface area contributed by atoms with Crippen molar-refractivity contribution in [3.63, 3.8) is 0 Å². The Morgan fingerprint density at radius 2 is 1.72 bits per heavy atom. The zero-order valence-corrected chi connectivity index (χ0v) is 14.0. The molecule has 1 N–H and O–H groups in total. The first-order valence-corrected chi connectivity index (χ1v) is 8.67. The van der Waals surface area contributed by atoms with Crippen LogP contribution in [-0.2, 0) is 11.3 Å². The number of benzene rings is 2. The van der Waals surface area contributed by atoms with Crippen LogP contribution in [0.15, 0.2) is 54.6 Å². The van der Waals surface area contributed by atoms with Crippen molar-refractivity contribution in [3.05, 3.63) is 54.6 Å². The minimum absolute atomic E-state index is 0.0693. The molecule has 1 fully saturated rings. The van der Waals surface area contributed by atoms with Crippen molar-refractivity contribution in [2.24, 2.45) is 0 Å². The van der Waals surface area contributed by atoms with Crippen molar-refractivity contribution < 1.29 is 4.79 Å². The van der Waals surface area contributed by atoms with Gasteiger partial charge in [-0.15, -0.1) is 0 Å². The predicted molar refractivity (Wildman–Crippen MR) is 97.2 cm³/mol. The monoisotopic (exact) mass is 335 g/mol. The van der Waals surface area contributed by atoms with Gasteiger partial charge in [-0.3, -0.25) is 4.79 Å². The lowest BCUT2D eigenvalue weighted by molar-refractivity contribution is -0.133. The highest BCUT2D eigenvalue weighted by molar-refractivity contribution is 5.77. The van der Waals surface area contributed by atoms with E-state index in [0.717, 1.165) is 36.1 Å². The van der Waals surface area contributed by atoms with Gasteiger partial charge in [-0.1, -0.05) is 30.3 Å². The molecule has 6 heteroatoms. The highest BCUT2D eigenvalue weighted by Gasteiger charge is 2.24. The van der Waals surface area contributed by atoms with E-state index in [1.54, 1.807) is 0 Å². The van der Waals surface area contributed by atoms with Gasteiger partial charge in [-0.25, -0.2) is 0 Å². The number of piperidine rings is 1. The van der Waals surface area contributed by atoms with Crippen LogP contribution in [0.25, 0.3) is 11.0 Å². The number of nitrogens with zero attached hydrogens (tertiary/aromatic N) is 4. The Labute approximate surface area is 146 Å². The average Bonchev–Trinajstić information content (AvgIpc) is 3.05. The second-order valence-electron chi connectivity index (χ2n) is 6.41. The molecule has 1 saturated heterocycles. The lowest BCUT2D eigenvalue weighted by Crippen LogP contribution is -2.46. The van der Waals surface area contributed by atoms with Crippen LogP contribution in [0.5, 0.6) is 0 Å². The number of hydrogen-bond acceptors (Lipinski definition) is 4. The summed E-state index contributed by atoms with van der Waals surface area (Å²) in [6, 6.07) is 18.1. The third-order valence-electron chi connectivity index (χ3n) is 4.52. The van der Waals surface area contributed by atoms with Gasteiger partial charge in [0.25, 0.3) is 0 Å². The quantitative estimate of drug-likeness (QED) is 0.796. The van der Waals surface area contributed by atoms with Crippen LogP contribution in [0.2, 0.25) is 0 Å². The van der Waals surface area contributed by atoms with Crippen LogP contribution in [0.4, 0.5) is 5.69 Å². The second-order valence-corrected chi connectivity index (χ2v) is 6.41. The third-order valence-corrected chi connectivity index (χ3v) is 4.52. The number of hydrogen-bond donors (Lipinski definition) is 1. The molecule has 0 spiro atoms. The van der Waals surface area contributed by atoms with Gasteiger partial charge < -0.3 is 10.2 Å². The SMILES string of the molecule is O=C(Cn1nc2ccccc2n1)N1CCCC(Nc2ccccc2)C1. The zero-order valence-electron chi connectivity index (χ0n) is 14.0. The van der Waals surface area contributed by atoms with E-state index >= 15 is 0 Å². The standard InChI is InChI=1S/C19H21N5O/c25-19(14-24-21-17-10-4-5-11-18(17)22-24)23-12-6-9-16(13-23)20-15-7-2-1-3-8-15/h1-5,7-8,10-11,16,20H,6,9,12-14H2. The summed E-state index contributed by atoms with van der Waals surface area (Å²) in [5, 5.41) is 12.3. The normalized spacial score (nSPS) is 17.6. The van der Waals surface area contributed by atoms with E-state index in [2.05, 4.69) is 27.6 Å². The molecule has 128 valence electrons. The summed E-state index contributed by atoms with van der Waals surface area (Å²) in [6.07, 6.45) is 2.08. The number of para-hydroxylation sites is 1. The molecule has 3 aromatic rings. The van der Waals surface area contributed by atoms with Crippen LogP contribution >= 0.6 is 0 Å². The maximum Gasteiger partial charge on any atom is 0.246 e. The lowest BCUT2D eigenvalue weighted by atomic mass is 10.1. The molecule has 1 aromatic heterocycles. The van der Waals surface area contributed by atoms with Crippen LogP contribution < -0.4 is 5.32 Å². The number of aromatic nitrogens is 3. The fourth-order valence-electron chi connectivity index (χ4n) is 3.29. The smallest absolute Gasteiger partial charge is 0.246 e. The summed E-state index contributed by atoms with van der Waals surface area (Å²) in [7, 11) is 0. The molecule has 4 rings (SSSR count). The molecular weight excluding hydrogens is 314 g/mol. The van der Waals surface area contributed by atoms with E-state index in [9.17, 15) is 4.79 Å². The number of nitrogens with one attached hydrogen (secondary N) is 1. The van der Waals surface area contributed by atoms with Gasteiger partial charge in [-0.05, 0) is 37.1 Å². The van der Waals surface area contributed by atoms with Crippen LogP contribution in [-0.4, -0.2) is 44.9 Å². The first kappa shape index (κ1) is 15.6. The third kappa shape index (κ3) is 3.63. The van der Waals surface area contributed by atoms with Gasteiger partial charge in [0.05, 0.1) is 0 Å². The predicted octanol–water partition coefficient (Wildman–Crippen LogP) is 2.53. The molecule has 6 nitrogen and oxygen atoms in total. The largest absolute Gasteiger partial charge is 0.381 e. The number of likely N-dealkylation sites (tertiary alicyclic amines) is 1. The van der Waals surface area contributed by atoms with Crippen molar-refractivity contribution in [2.45, 2.75) is 25.4 Å². The Kier molecular flexibility index (Phi) is 4.33. The van der Waals surface area contributed by atoms with Crippen LogP contribution in [0.1, 0.15) is 12.8 Å². The molecule has 1 aliphatic heterocycles. The Bertz CT molecular complexity index is 827. The molecule has 1 atom stereocenters. The molecule has 0 bridgehead atoms. The topological polar surface area (TPSA) is 63.1 Å². The van der Waals surface area contributed by atoms with Gasteiger partial charge in [0.1, 0.15) is 17.6 Å². The summed E-state index contributed by atoms with van der Waals surface area (Å²) in [5.41, 5.74) is 2.73. The van der Waals surface area contributed by atoms with E-state index in [1.165, 1.54) is 4.80 Å². The second kappa shape index (κ2) is 6.93. The summed E-state index contributed by atoms with van der Waals surface area (Å²) < 4.78 is 0. The number of carbonyl (C=O) groups is 1. The maximum absolute atomic E-state index is 12.6. The number of anilines is 1. The van der Waals surface area contributed by atoms with Crippen molar-refractivity contribution in [1.29, 1.82) is 0 Å².